The first-order valence-electron chi connectivity index (χ1n) is 6.29. The van der Waals surface area contributed by atoms with E-state index in [1.54, 1.807) is 4.90 Å². The maximum atomic E-state index is 11.8. The van der Waals surface area contributed by atoms with Crippen molar-refractivity contribution < 1.29 is 14.3 Å². The average molecular weight is 243 g/mol. The van der Waals surface area contributed by atoms with Crippen molar-refractivity contribution in [2.75, 3.05) is 13.1 Å². The summed E-state index contributed by atoms with van der Waals surface area (Å²) in [5, 5.41) is 0. The quantitative estimate of drug-likeness (QED) is 0.673. The lowest BCUT2D eigenvalue weighted by atomic mass is 10.2. The van der Waals surface area contributed by atoms with Crippen molar-refractivity contribution in [1.82, 2.24) is 4.90 Å². The van der Waals surface area contributed by atoms with Crippen molar-refractivity contribution in [1.29, 1.82) is 0 Å². The van der Waals surface area contributed by atoms with E-state index in [-0.39, 0.29) is 24.7 Å². The minimum atomic E-state index is -0.478. The van der Waals surface area contributed by atoms with Crippen molar-refractivity contribution in [3.63, 3.8) is 0 Å². The molecule has 0 rings (SSSR count). The summed E-state index contributed by atoms with van der Waals surface area (Å²) in [7, 11) is 0. The fourth-order valence-electron chi connectivity index (χ4n) is 1.49. The SMILES string of the molecule is CCCN(CC)C(=O)CCC(=O)OC(C)(C)C. The summed E-state index contributed by atoms with van der Waals surface area (Å²) in [5.41, 5.74) is -0.478. The predicted molar refractivity (Wildman–Crippen MR) is 67.6 cm³/mol. The Morgan fingerprint density at radius 1 is 1.12 bits per heavy atom. The first-order chi connectivity index (χ1) is 7.80. The maximum Gasteiger partial charge on any atom is 0.306 e. The van der Waals surface area contributed by atoms with Gasteiger partial charge in [-0.1, -0.05) is 6.92 Å². The summed E-state index contributed by atoms with van der Waals surface area (Å²) < 4.78 is 5.15. The third-order valence-corrected chi connectivity index (χ3v) is 2.19. The molecule has 1 amide bonds. The van der Waals surface area contributed by atoms with Crippen LogP contribution in [0.5, 0.6) is 0 Å². The molecule has 100 valence electrons. The molecule has 0 radical (unpaired) electrons. The summed E-state index contributed by atoms with van der Waals surface area (Å²) in [5.74, 6) is -0.279. The van der Waals surface area contributed by atoms with E-state index in [1.807, 2.05) is 34.6 Å². The molecule has 0 bridgehead atoms. The lowest BCUT2D eigenvalue weighted by Crippen LogP contribution is -2.32. The van der Waals surface area contributed by atoms with Gasteiger partial charge < -0.3 is 9.64 Å². The van der Waals surface area contributed by atoms with Crippen molar-refractivity contribution in [2.45, 2.75) is 59.5 Å². The van der Waals surface area contributed by atoms with E-state index in [1.165, 1.54) is 0 Å². The van der Waals surface area contributed by atoms with Crippen LogP contribution in [0.1, 0.15) is 53.9 Å². The number of hydrogen-bond acceptors (Lipinski definition) is 3. The zero-order chi connectivity index (χ0) is 13.5. The average Bonchev–Trinajstić information content (AvgIpc) is 2.20. The predicted octanol–water partition coefficient (Wildman–Crippen LogP) is 2.37. The highest BCUT2D eigenvalue weighted by molar-refractivity contribution is 5.81. The van der Waals surface area contributed by atoms with Gasteiger partial charge in [-0.3, -0.25) is 9.59 Å². The molecule has 0 aliphatic carbocycles. The van der Waals surface area contributed by atoms with Gasteiger partial charge in [-0.05, 0) is 34.1 Å². The van der Waals surface area contributed by atoms with Gasteiger partial charge in [0.05, 0.1) is 6.42 Å². The summed E-state index contributed by atoms with van der Waals surface area (Å²) in [6.45, 7) is 10.9. The number of esters is 1. The van der Waals surface area contributed by atoms with Gasteiger partial charge in [-0.15, -0.1) is 0 Å². The van der Waals surface area contributed by atoms with Crippen molar-refractivity contribution in [2.24, 2.45) is 0 Å². The van der Waals surface area contributed by atoms with Gasteiger partial charge in [0.15, 0.2) is 0 Å². The number of ether oxygens (including phenoxy) is 1. The fraction of sp³-hybridized carbons (Fsp3) is 0.846. The molecule has 0 aromatic rings. The molecule has 0 atom stereocenters. The molecule has 0 N–H and O–H groups in total. The second-order valence-corrected chi connectivity index (χ2v) is 5.06. The summed E-state index contributed by atoms with van der Waals surface area (Å²) in [6, 6.07) is 0. The van der Waals surface area contributed by atoms with E-state index in [9.17, 15) is 9.59 Å². The Hall–Kier alpha value is -1.06. The first kappa shape index (κ1) is 15.9. The maximum absolute atomic E-state index is 11.8. The van der Waals surface area contributed by atoms with E-state index < -0.39 is 5.60 Å². The second-order valence-electron chi connectivity index (χ2n) is 5.06. The van der Waals surface area contributed by atoms with Crippen LogP contribution in [0.15, 0.2) is 0 Å². The molecular formula is C13H25NO3. The van der Waals surface area contributed by atoms with E-state index in [4.69, 9.17) is 4.74 Å². The Bertz CT molecular complexity index is 256. The van der Waals surface area contributed by atoms with Crippen LogP contribution in [0.3, 0.4) is 0 Å². The molecule has 0 saturated carbocycles. The van der Waals surface area contributed by atoms with Crippen molar-refractivity contribution in [3.8, 4) is 0 Å². The van der Waals surface area contributed by atoms with Crippen LogP contribution in [0.25, 0.3) is 0 Å². The fourth-order valence-corrected chi connectivity index (χ4v) is 1.49. The van der Waals surface area contributed by atoms with Crippen LogP contribution in [0, 0.1) is 0 Å². The van der Waals surface area contributed by atoms with E-state index in [0.717, 1.165) is 13.0 Å². The van der Waals surface area contributed by atoms with Gasteiger partial charge in [-0.25, -0.2) is 0 Å². The summed E-state index contributed by atoms with van der Waals surface area (Å²) >= 11 is 0. The van der Waals surface area contributed by atoms with E-state index in [2.05, 4.69) is 0 Å². The monoisotopic (exact) mass is 243 g/mol. The van der Waals surface area contributed by atoms with Crippen LogP contribution in [0.2, 0.25) is 0 Å². The Balaban J connectivity index is 4.02. The molecule has 0 heterocycles. The van der Waals surface area contributed by atoms with Crippen LogP contribution in [-0.2, 0) is 14.3 Å². The molecule has 0 aromatic carbocycles. The molecule has 17 heavy (non-hydrogen) atoms. The Kier molecular flexibility index (Phi) is 6.85. The molecule has 0 aliphatic heterocycles. The molecular weight excluding hydrogens is 218 g/mol. The smallest absolute Gasteiger partial charge is 0.306 e. The van der Waals surface area contributed by atoms with Gasteiger partial charge in [0.25, 0.3) is 0 Å². The minimum absolute atomic E-state index is 0.0280. The largest absolute Gasteiger partial charge is 0.460 e. The molecule has 4 heteroatoms. The van der Waals surface area contributed by atoms with Crippen LogP contribution in [0.4, 0.5) is 0 Å². The minimum Gasteiger partial charge on any atom is -0.460 e. The standard InChI is InChI=1S/C13H25NO3/c1-6-10-14(7-2)11(15)8-9-12(16)17-13(3,4)5/h6-10H2,1-5H3. The topological polar surface area (TPSA) is 46.6 Å². The normalized spacial score (nSPS) is 11.1. The molecule has 0 aliphatic rings. The molecule has 0 spiro atoms. The molecule has 0 unspecified atom stereocenters. The molecule has 0 aromatic heterocycles. The Morgan fingerprint density at radius 2 is 1.71 bits per heavy atom. The summed E-state index contributed by atoms with van der Waals surface area (Å²) in [6.07, 6.45) is 1.34. The third kappa shape index (κ3) is 7.77. The lowest BCUT2D eigenvalue weighted by Gasteiger charge is -2.21. The zero-order valence-electron chi connectivity index (χ0n) is 11.7. The van der Waals surface area contributed by atoms with Crippen LogP contribution < -0.4 is 0 Å². The Morgan fingerprint density at radius 3 is 2.12 bits per heavy atom. The lowest BCUT2D eigenvalue weighted by molar-refractivity contribution is -0.156. The number of rotatable bonds is 6. The van der Waals surface area contributed by atoms with Crippen molar-refractivity contribution in [3.05, 3.63) is 0 Å². The van der Waals surface area contributed by atoms with E-state index >= 15 is 0 Å². The number of carbonyl (C=O) groups excluding carboxylic acids is 2. The molecule has 4 nitrogen and oxygen atoms in total. The number of amides is 1. The van der Waals surface area contributed by atoms with Gasteiger partial charge in [-0.2, -0.15) is 0 Å². The van der Waals surface area contributed by atoms with Gasteiger partial charge in [0.2, 0.25) is 5.91 Å². The molecule has 0 saturated heterocycles. The van der Waals surface area contributed by atoms with E-state index in [0.29, 0.717) is 6.54 Å². The summed E-state index contributed by atoms with van der Waals surface area (Å²) in [4.78, 5) is 25.0. The van der Waals surface area contributed by atoms with Gasteiger partial charge >= 0.3 is 5.97 Å². The second kappa shape index (κ2) is 7.30. The van der Waals surface area contributed by atoms with Gasteiger partial charge in [0, 0.05) is 19.5 Å². The number of nitrogens with zero attached hydrogens (tertiary/aromatic N) is 1. The van der Waals surface area contributed by atoms with Crippen LogP contribution in [-0.4, -0.2) is 35.5 Å². The van der Waals surface area contributed by atoms with Gasteiger partial charge in [0.1, 0.15) is 5.60 Å². The third-order valence-electron chi connectivity index (χ3n) is 2.19. The number of carbonyl (C=O) groups is 2. The van der Waals surface area contributed by atoms with Crippen LogP contribution >= 0.6 is 0 Å². The van der Waals surface area contributed by atoms with Crippen molar-refractivity contribution >= 4 is 11.9 Å². The molecule has 0 fully saturated rings. The highest BCUT2D eigenvalue weighted by atomic mass is 16.6. The highest BCUT2D eigenvalue weighted by Crippen LogP contribution is 2.09. The zero-order valence-corrected chi connectivity index (χ0v) is 11.7. The number of hydrogen-bond donors (Lipinski definition) is 0. The Labute approximate surface area is 104 Å². The first-order valence-corrected chi connectivity index (χ1v) is 6.29. The highest BCUT2D eigenvalue weighted by Gasteiger charge is 2.18.